The number of aromatic hydroxyl groups is 2. The third-order valence-corrected chi connectivity index (χ3v) is 2.69. The zero-order chi connectivity index (χ0) is 14.4. The molecule has 0 bridgehead atoms. The average Bonchev–Trinajstić information content (AvgIpc) is 2.38. The van der Waals surface area contributed by atoms with Crippen LogP contribution in [0.4, 0.5) is 0 Å². The Bertz CT molecular complexity index is 472. The Morgan fingerprint density at radius 2 is 2.00 bits per heavy atom. The molecule has 0 aliphatic carbocycles. The van der Waals surface area contributed by atoms with E-state index in [1.54, 1.807) is 6.92 Å². The number of benzene rings is 1. The largest absolute Gasteiger partial charge is 0.508 e. The van der Waals surface area contributed by atoms with Gasteiger partial charge in [-0.25, -0.2) is 0 Å². The number of hydrogen-bond donors (Lipinski definition) is 2. The lowest BCUT2D eigenvalue weighted by Crippen LogP contribution is -2.33. The Labute approximate surface area is 111 Å². The number of phenolic OH excluding ortho intramolecular Hbond substituents is 2. The number of methoxy groups -OCH3 is 1. The Morgan fingerprint density at radius 1 is 1.32 bits per heavy atom. The third-order valence-electron chi connectivity index (χ3n) is 2.69. The maximum absolute atomic E-state index is 12.1. The van der Waals surface area contributed by atoms with E-state index < -0.39 is 11.9 Å². The number of carbonyl (C=O) groups excluding carboxylic acids is 2. The van der Waals surface area contributed by atoms with Crippen molar-refractivity contribution in [3.05, 3.63) is 23.8 Å². The predicted molar refractivity (Wildman–Crippen MR) is 68.0 cm³/mol. The molecule has 6 heteroatoms. The average molecular weight is 267 g/mol. The van der Waals surface area contributed by atoms with Crippen molar-refractivity contribution in [3.8, 4) is 11.5 Å². The van der Waals surface area contributed by atoms with Gasteiger partial charge in [0.2, 0.25) is 0 Å². The Hall–Kier alpha value is -2.24. The molecule has 0 heterocycles. The number of rotatable bonds is 5. The Balaban J connectivity index is 2.80. The van der Waals surface area contributed by atoms with Gasteiger partial charge in [0.05, 0.1) is 19.1 Å². The molecule has 0 aliphatic heterocycles. The van der Waals surface area contributed by atoms with E-state index >= 15 is 0 Å². The summed E-state index contributed by atoms with van der Waals surface area (Å²) in [6.07, 6.45) is 0.0922. The molecule has 104 valence electrons. The molecule has 0 aliphatic rings. The van der Waals surface area contributed by atoms with Crippen LogP contribution in [0.1, 0.15) is 23.7 Å². The van der Waals surface area contributed by atoms with Gasteiger partial charge in [-0.15, -0.1) is 0 Å². The van der Waals surface area contributed by atoms with Crippen molar-refractivity contribution in [1.29, 1.82) is 0 Å². The molecule has 6 nitrogen and oxygen atoms in total. The molecule has 0 atom stereocenters. The lowest BCUT2D eigenvalue weighted by molar-refractivity contribution is -0.140. The highest BCUT2D eigenvalue weighted by molar-refractivity contribution is 5.97. The van der Waals surface area contributed by atoms with Gasteiger partial charge < -0.3 is 19.8 Å². The molecule has 0 fully saturated rings. The van der Waals surface area contributed by atoms with E-state index in [1.165, 1.54) is 24.1 Å². The van der Waals surface area contributed by atoms with Crippen molar-refractivity contribution in [2.45, 2.75) is 13.3 Å². The summed E-state index contributed by atoms with van der Waals surface area (Å²) in [5, 5.41) is 18.8. The molecule has 0 saturated heterocycles. The van der Waals surface area contributed by atoms with Gasteiger partial charge in [0.15, 0.2) is 0 Å². The van der Waals surface area contributed by atoms with Crippen LogP contribution in [0.3, 0.4) is 0 Å². The molecule has 1 aromatic rings. The van der Waals surface area contributed by atoms with Crippen molar-refractivity contribution in [3.63, 3.8) is 0 Å². The first-order chi connectivity index (χ1) is 8.99. The fourth-order valence-electron chi connectivity index (χ4n) is 1.60. The van der Waals surface area contributed by atoms with Crippen LogP contribution in [0.25, 0.3) is 0 Å². The van der Waals surface area contributed by atoms with Crippen LogP contribution >= 0.6 is 0 Å². The molecule has 0 unspecified atom stereocenters. The summed E-state index contributed by atoms with van der Waals surface area (Å²) in [7, 11) is 1.28. The standard InChI is InChI=1S/C13H17NO5/c1-3-14(7-6-12(17)19-2)13(18)10-5-4-9(15)8-11(10)16/h4-5,8,15-16H,3,6-7H2,1-2H3. The molecule has 1 aromatic carbocycles. The first-order valence-corrected chi connectivity index (χ1v) is 5.87. The van der Waals surface area contributed by atoms with Crippen molar-refractivity contribution >= 4 is 11.9 Å². The van der Waals surface area contributed by atoms with E-state index in [4.69, 9.17) is 0 Å². The molecular formula is C13H17NO5. The first kappa shape index (κ1) is 14.8. The van der Waals surface area contributed by atoms with Gasteiger partial charge >= 0.3 is 5.97 Å². The van der Waals surface area contributed by atoms with E-state index in [2.05, 4.69) is 4.74 Å². The molecule has 1 amide bonds. The molecule has 0 saturated carbocycles. The first-order valence-electron chi connectivity index (χ1n) is 5.87. The number of carbonyl (C=O) groups is 2. The smallest absolute Gasteiger partial charge is 0.307 e. The van der Waals surface area contributed by atoms with Crippen LogP contribution < -0.4 is 0 Å². The zero-order valence-electron chi connectivity index (χ0n) is 10.9. The Morgan fingerprint density at radius 3 is 2.53 bits per heavy atom. The summed E-state index contributed by atoms with van der Waals surface area (Å²) in [4.78, 5) is 24.6. The molecule has 0 aromatic heterocycles. The monoisotopic (exact) mass is 267 g/mol. The van der Waals surface area contributed by atoms with Gasteiger partial charge in [0.1, 0.15) is 11.5 Å². The van der Waals surface area contributed by atoms with E-state index in [0.29, 0.717) is 6.54 Å². The minimum absolute atomic E-state index is 0.0875. The second-order valence-corrected chi connectivity index (χ2v) is 3.91. The fourth-order valence-corrected chi connectivity index (χ4v) is 1.60. The van der Waals surface area contributed by atoms with Gasteiger partial charge in [0, 0.05) is 19.2 Å². The summed E-state index contributed by atoms with van der Waals surface area (Å²) < 4.78 is 4.51. The molecule has 2 N–H and O–H groups in total. The minimum atomic E-state index is -0.402. The van der Waals surface area contributed by atoms with Gasteiger partial charge in [-0.05, 0) is 19.1 Å². The van der Waals surface area contributed by atoms with Crippen LogP contribution in [0, 0.1) is 0 Å². The van der Waals surface area contributed by atoms with Crippen LogP contribution in [-0.2, 0) is 9.53 Å². The maximum atomic E-state index is 12.1. The number of ether oxygens (including phenoxy) is 1. The molecular weight excluding hydrogens is 250 g/mol. The normalized spacial score (nSPS) is 10.0. The molecule has 1 rings (SSSR count). The van der Waals surface area contributed by atoms with Crippen molar-refractivity contribution < 1.29 is 24.5 Å². The number of hydrogen-bond acceptors (Lipinski definition) is 5. The van der Waals surface area contributed by atoms with E-state index in [0.717, 1.165) is 6.07 Å². The SMILES string of the molecule is CCN(CCC(=O)OC)C(=O)c1ccc(O)cc1O. The summed E-state index contributed by atoms with van der Waals surface area (Å²) in [5.41, 5.74) is 0.0875. The van der Waals surface area contributed by atoms with Gasteiger partial charge in [-0.3, -0.25) is 9.59 Å². The second-order valence-electron chi connectivity index (χ2n) is 3.91. The lowest BCUT2D eigenvalue weighted by Gasteiger charge is -2.20. The molecule has 0 spiro atoms. The van der Waals surface area contributed by atoms with Crippen LogP contribution in [0.15, 0.2) is 18.2 Å². The topological polar surface area (TPSA) is 87.1 Å². The Kier molecular flexibility index (Phi) is 5.17. The third kappa shape index (κ3) is 3.87. The van der Waals surface area contributed by atoms with E-state index in [-0.39, 0.29) is 30.0 Å². The van der Waals surface area contributed by atoms with Crippen LogP contribution in [0.5, 0.6) is 11.5 Å². The number of nitrogens with zero attached hydrogens (tertiary/aromatic N) is 1. The summed E-state index contributed by atoms with van der Waals surface area (Å²) in [5.74, 6) is -1.21. The van der Waals surface area contributed by atoms with Crippen molar-refractivity contribution in [2.24, 2.45) is 0 Å². The lowest BCUT2D eigenvalue weighted by atomic mass is 10.1. The summed E-state index contributed by atoms with van der Waals surface area (Å²) in [6.45, 7) is 2.38. The van der Waals surface area contributed by atoms with E-state index in [1.807, 2.05) is 0 Å². The van der Waals surface area contributed by atoms with Crippen LogP contribution in [0.2, 0.25) is 0 Å². The highest BCUT2D eigenvalue weighted by Gasteiger charge is 2.18. The van der Waals surface area contributed by atoms with Crippen molar-refractivity contribution in [1.82, 2.24) is 4.90 Å². The number of amides is 1. The van der Waals surface area contributed by atoms with Crippen LogP contribution in [-0.4, -0.2) is 47.2 Å². The zero-order valence-corrected chi connectivity index (χ0v) is 10.9. The molecule has 19 heavy (non-hydrogen) atoms. The van der Waals surface area contributed by atoms with E-state index in [9.17, 15) is 19.8 Å². The summed E-state index contributed by atoms with van der Waals surface area (Å²) >= 11 is 0. The van der Waals surface area contributed by atoms with Gasteiger partial charge in [-0.1, -0.05) is 0 Å². The van der Waals surface area contributed by atoms with Gasteiger partial charge in [-0.2, -0.15) is 0 Å². The summed E-state index contributed by atoms with van der Waals surface area (Å²) in [6, 6.07) is 3.76. The fraction of sp³-hybridized carbons (Fsp3) is 0.385. The minimum Gasteiger partial charge on any atom is -0.508 e. The second kappa shape index (κ2) is 6.63. The molecule has 0 radical (unpaired) electrons. The highest BCUT2D eigenvalue weighted by Crippen LogP contribution is 2.23. The number of phenols is 2. The predicted octanol–water partition coefficient (Wildman–Crippen LogP) is 1.12. The number of esters is 1. The van der Waals surface area contributed by atoms with Gasteiger partial charge in [0.25, 0.3) is 5.91 Å². The highest BCUT2D eigenvalue weighted by atomic mass is 16.5. The quantitative estimate of drug-likeness (QED) is 0.781. The van der Waals surface area contributed by atoms with Crippen molar-refractivity contribution in [2.75, 3.05) is 20.2 Å². The maximum Gasteiger partial charge on any atom is 0.307 e.